The van der Waals surface area contributed by atoms with Crippen molar-refractivity contribution in [1.82, 2.24) is 0 Å². The summed E-state index contributed by atoms with van der Waals surface area (Å²) in [7, 11) is 0. The summed E-state index contributed by atoms with van der Waals surface area (Å²) < 4.78 is 16.9. The minimum Gasteiger partial charge on any atom is -0.390 e. The smallest absolute Gasteiger partial charge is 0.190 e. The van der Waals surface area contributed by atoms with E-state index in [1.54, 1.807) is 26.8 Å². The number of fused-ring (bicyclic) bond motifs is 5. The molecule has 5 nitrogen and oxygen atoms in total. The third-order valence-corrected chi connectivity index (χ3v) is 8.79. The topological polar surface area (TPSA) is 94.8 Å². The third-order valence-electron chi connectivity index (χ3n) is 8.79. The fraction of sp³-hybridized carbons (Fsp3) is 0.727. The van der Waals surface area contributed by atoms with E-state index in [0.29, 0.717) is 24.8 Å². The highest BCUT2D eigenvalue weighted by molar-refractivity contribution is 6.01. The average Bonchev–Trinajstić information content (AvgIpc) is 2.84. The zero-order valence-corrected chi connectivity index (χ0v) is 16.6. The number of hydrogen-bond acceptors (Lipinski definition) is 5. The zero-order valence-electron chi connectivity index (χ0n) is 16.6. The van der Waals surface area contributed by atoms with Crippen molar-refractivity contribution < 1.29 is 29.3 Å². The van der Waals surface area contributed by atoms with Crippen molar-refractivity contribution in [3.8, 4) is 0 Å². The van der Waals surface area contributed by atoms with Gasteiger partial charge in [-0.1, -0.05) is 25.5 Å². The lowest BCUT2D eigenvalue weighted by atomic mass is 9.44. The first-order chi connectivity index (χ1) is 13.0. The number of rotatable bonds is 2. The van der Waals surface area contributed by atoms with E-state index in [1.807, 2.05) is 0 Å². The Kier molecular flexibility index (Phi) is 4.15. The SMILES string of the molecule is C[C@H]1CC2C3CCC4=CC(=O)C=C[C@]4(C)C3(F)[C@@H](O)C[C@]2(C)[C@@]1(O)C(=O)CO. The van der Waals surface area contributed by atoms with Gasteiger partial charge in [0.15, 0.2) is 17.2 Å². The number of allylic oxidation sites excluding steroid dienone is 4. The summed E-state index contributed by atoms with van der Waals surface area (Å²) >= 11 is 0. The Balaban J connectivity index is 1.84. The number of aliphatic hydroxyl groups is 3. The molecule has 0 aromatic carbocycles. The summed E-state index contributed by atoms with van der Waals surface area (Å²) in [6.45, 7) is 4.48. The molecule has 0 aliphatic heterocycles. The van der Waals surface area contributed by atoms with Gasteiger partial charge in [-0.05, 0) is 56.6 Å². The van der Waals surface area contributed by atoms with Crippen molar-refractivity contribution in [2.24, 2.45) is 28.6 Å². The maximum absolute atomic E-state index is 16.9. The molecule has 0 heterocycles. The van der Waals surface area contributed by atoms with Gasteiger partial charge in [0, 0.05) is 16.7 Å². The Labute approximate surface area is 164 Å². The van der Waals surface area contributed by atoms with Crippen LogP contribution in [0.2, 0.25) is 0 Å². The average molecular weight is 392 g/mol. The highest BCUT2D eigenvalue weighted by Gasteiger charge is 2.75. The van der Waals surface area contributed by atoms with E-state index in [9.17, 15) is 24.9 Å². The quantitative estimate of drug-likeness (QED) is 0.667. The molecular weight excluding hydrogens is 363 g/mol. The Morgan fingerprint density at radius 1 is 1.32 bits per heavy atom. The molecule has 154 valence electrons. The summed E-state index contributed by atoms with van der Waals surface area (Å²) in [6.07, 6.45) is 4.44. The third kappa shape index (κ3) is 2.01. The molecule has 4 aliphatic carbocycles. The van der Waals surface area contributed by atoms with Crippen LogP contribution in [-0.4, -0.2) is 50.9 Å². The van der Waals surface area contributed by atoms with E-state index in [2.05, 4.69) is 0 Å². The van der Waals surface area contributed by atoms with Crippen LogP contribution in [-0.2, 0) is 9.59 Å². The second kappa shape index (κ2) is 5.83. The number of ketones is 2. The van der Waals surface area contributed by atoms with E-state index in [1.165, 1.54) is 12.2 Å². The van der Waals surface area contributed by atoms with Crippen LogP contribution >= 0.6 is 0 Å². The summed E-state index contributed by atoms with van der Waals surface area (Å²) in [5.74, 6) is -2.12. The van der Waals surface area contributed by atoms with Crippen molar-refractivity contribution in [2.45, 2.75) is 63.8 Å². The molecular formula is C22H29FO5. The molecule has 0 radical (unpaired) electrons. The second-order valence-electron chi connectivity index (χ2n) is 9.75. The summed E-state index contributed by atoms with van der Waals surface area (Å²) in [5, 5.41) is 32.0. The normalized spacial score (nSPS) is 52.5. The molecule has 8 atom stereocenters. The Morgan fingerprint density at radius 3 is 2.64 bits per heavy atom. The molecule has 0 saturated heterocycles. The molecule has 6 heteroatoms. The fourth-order valence-electron chi connectivity index (χ4n) is 7.26. The molecule has 0 aromatic heterocycles. The molecule has 0 aromatic rings. The number of carbonyl (C=O) groups excluding carboxylic acids is 2. The molecule has 4 aliphatic rings. The second-order valence-corrected chi connectivity index (χ2v) is 9.75. The van der Waals surface area contributed by atoms with Crippen LogP contribution in [0.3, 0.4) is 0 Å². The van der Waals surface area contributed by atoms with Crippen molar-refractivity contribution in [3.05, 3.63) is 23.8 Å². The number of alkyl halides is 1. The van der Waals surface area contributed by atoms with Gasteiger partial charge in [0.2, 0.25) is 0 Å². The standard InChI is InChI=1S/C22H29FO5/c1-12-8-16-15-5-4-13-9-14(25)6-7-19(13,2)21(15,23)17(26)10-20(16,3)22(12,28)18(27)11-24/h6-7,9,12,15-17,24,26,28H,4-5,8,10-11H2,1-3H3/t12-,15?,16?,17-,19-,20-,21?,22-/m0/s1. The van der Waals surface area contributed by atoms with Crippen molar-refractivity contribution in [2.75, 3.05) is 6.61 Å². The van der Waals surface area contributed by atoms with E-state index < -0.39 is 52.4 Å². The first kappa shape index (κ1) is 19.9. The predicted octanol–water partition coefficient (Wildman–Crippen LogP) is 1.90. The van der Waals surface area contributed by atoms with Crippen molar-refractivity contribution >= 4 is 11.6 Å². The molecule has 3 N–H and O–H groups in total. The minimum absolute atomic E-state index is 0.0676. The highest BCUT2D eigenvalue weighted by Crippen LogP contribution is 2.70. The van der Waals surface area contributed by atoms with Crippen LogP contribution < -0.4 is 0 Å². The van der Waals surface area contributed by atoms with Crippen molar-refractivity contribution in [3.63, 3.8) is 0 Å². The number of Topliss-reactive ketones (excluding diaryl/α,β-unsaturated/α-hetero) is 1. The minimum atomic E-state index is -1.98. The summed E-state index contributed by atoms with van der Waals surface area (Å²) in [6, 6.07) is 0. The predicted molar refractivity (Wildman–Crippen MR) is 99.9 cm³/mol. The van der Waals surface area contributed by atoms with E-state index in [4.69, 9.17) is 0 Å². The Hall–Kier alpha value is -1.37. The van der Waals surface area contributed by atoms with Gasteiger partial charge in [-0.2, -0.15) is 0 Å². The molecule has 0 bridgehead atoms. The molecule has 0 spiro atoms. The van der Waals surface area contributed by atoms with Gasteiger partial charge >= 0.3 is 0 Å². The lowest BCUT2D eigenvalue weighted by molar-refractivity contribution is -0.219. The Morgan fingerprint density at radius 2 is 2.00 bits per heavy atom. The molecule has 28 heavy (non-hydrogen) atoms. The maximum atomic E-state index is 16.9. The van der Waals surface area contributed by atoms with Gasteiger partial charge in [0.05, 0.1) is 6.10 Å². The van der Waals surface area contributed by atoms with Crippen LogP contribution in [0.5, 0.6) is 0 Å². The first-order valence-electron chi connectivity index (χ1n) is 10.1. The number of carbonyl (C=O) groups is 2. The van der Waals surface area contributed by atoms with Crippen LogP contribution in [0.25, 0.3) is 0 Å². The molecule has 0 amide bonds. The zero-order chi connectivity index (χ0) is 20.7. The summed E-state index contributed by atoms with van der Waals surface area (Å²) in [5.41, 5.74) is -5.17. The number of halogens is 1. The van der Waals surface area contributed by atoms with E-state index in [-0.39, 0.29) is 18.1 Å². The molecule has 4 rings (SSSR count). The number of hydrogen-bond donors (Lipinski definition) is 3. The molecule has 3 saturated carbocycles. The molecule has 3 fully saturated rings. The lowest BCUT2D eigenvalue weighted by Gasteiger charge is -2.62. The Bertz CT molecular complexity index is 805. The largest absolute Gasteiger partial charge is 0.390 e. The van der Waals surface area contributed by atoms with Crippen LogP contribution in [0, 0.1) is 28.6 Å². The van der Waals surface area contributed by atoms with Gasteiger partial charge in [-0.25, -0.2) is 4.39 Å². The van der Waals surface area contributed by atoms with E-state index in [0.717, 1.165) is 0 Å². The van der Waals surface area contributed by atoms with Gasteiger partial charge in [-0.15, -0.1) is 0 Å². The monoisotopic (exact) mass is 392 g/mol. The van der Waals surface area contributed by atoms with Crippen molar-refractivity contribution in [1.29, 1.82) is 0 Å². The van der Waals surface area contributed by atoms with Crippen LogP contribution in [0.1, 0.15) is 46.5 Å². The molecule has 3 unspecified atom stereocenters. The van der Waals surface area contributed by atoms with E-state index >= 15 is 4.39 Å². The summed E-state index contributed by atoms with van der Waals surface area (Å²) in [4.78, 5) is 24.4. The maximum Gasteiger partial charge on any atom is 0.190 e. The van der Waals surface area contributed by atoms with Crippen LogP contribution in [0.15, 0.2) is 23.8 Å². The van der Waals surface area contributed by atoms with Gasteiger partial charge in [-0.3, -0.25) is 9.59 Å². The van der Waals surface area contributed by atoms with Gasteiger partial charge < -0.3 is 15.3 Å². The number of aliphatic hydroxyl groups excluding tert-OH is 2. The lowest BCUT2D eigenvalue weighted by Crippen LogP contribution is -2.69. The first-order valence-corrected chi connectivity index (χ1v) is 10.1. The van der Waals surface area contributed by atoms with Crippen LogP contribution in [0.4, 0.5) is 4.39 Å². The van der Waals surface area contributed by atoms with Gasteiger partial charge in [0.25, 0.3) is 0 Å². The fourth-order valence-corrected chi connectivity index (χ4v) is 7.26. The highest BCUT2D eigenvalue weighted by atomic mass is 19.1. The van der Waals surface area contributed by atoms with Gasteiger partial charge in [0.1, 0.15) is 12.2 Å².